The zero-order valence-corrected chi connectivity index (χ0v) is 16.6. The minimum absolute atomic E-state index is 0.161. The van der Waals surface area contributed by atoms with Gasteiger partial charge >= 0.3 is 0 Å². The summed E-state index contributed by atoms with van der Waals surface area (Å²) in [4.78, 5) is 29.0. The molecule has 1 aromatic heterocycles. The summed E-state index contributed by atoms with van der Waals surface area (Å²) < 4.78 is 1.34. The lowest BCUT2D eigenvalue weighted by Gasteiger charge is -2.36. The fraction of sp³-hybridized carbons (Fsp3) is 0.227. The molecule has 0 radical (unpaired) electrons. The number of nitrogens with zero attached hydrogens (tertiary/aromatic N) is 4. The Bertz CT molecular complexity index is 1060. The zero-order valence-electron chi connectivity index (χ0n) is 15.9. The standard InChI is InChI=1S/C22H21ClN4O2/c23-18-8-4-5-9-20(18)25-12-14-26(15-13-25)22(29)19-10-11-21(28)27(24-19)16-17-6-2-1-3-7-17/h1-11H,12-16H2. The lowest BCUT2D eigenvalue weighted by atomic mass is 10.2. The quantitative estimate of drug-likeness (QED) is 0.666. The van der Waals surface area contributed by atoms with Gasteiger partial charge in [0, 0.05) is 32.2 Å². The number of anilines is 1. The highest BCUT2D eigenvalue weighted by Crippen LogP contribution is 2.26. The summed E-state index contributed by atoms with van der Waals surface area (Å²) in [6, 6.07) is 20.2. The van der Waals surface area contributed by atoms with Crippen LogP contribution in [-0.2, 0) is 6.54 Å². The van der Waals surface area contributed by atoms with Crippen LogP contribution in [0.3, 0.4) is 0 Å². The van der Waals surface area contributed by atoms with Crippen molar-refractivity contribution in [3.63, 3.8) is 0 Å². The lowest BCUT2D eigenvalue weighted by Crippen LogP contribution is -2.49. The molecule has 0 aliphatic carbocycles. The Labute approximate surface area is 173 Å². The van der Waals surface area contributed by atoms with Crippen LogP contribution in [0, 0.1) is 0 Å². The van der Waals surface area contributed by atoms with Gasteiger partial charge in [0.25, 0.3) is 11.5 Å². The van der Waals surface area contributed by atoms with Gasteiger partial charge in [-0.15, -0.1) is 0 Å². The second-order valence-electron chi connectivity index (χ2n) is 6.93. The predicted octanol–water partition coefficient (Wildman–Crippen LogP) is 2.91. The molecule has 29 heavy (non-hydrogen) atoms. The van der Waals surface area contributed by atoms with Crippen LogP contribution in [0.5, 0.6) is 0 Å². The highest BCUT2D eigenvalue weighted by Gasteiger charge is 2.24. The molecule has 1 aliphatic heterocycles. The van der Waals surface area contributed by atoms with Gasteiger partial charge in [0.2, 0.25) is 0 Å². The average molecular weight is 409 g/mol. The Kier molecular flexibility index (Phi) is 5.62. The van der Waals surface area contributed by atoms with Gasteiger partial charge in [0.05, 0.1) is 17.3 Å². The number of aromatic nitrogens is 2. The topological polar surface area (TPSA) is 58.4 Å². The first kappa shape index (κ1) is 19.2. The van der Waals surface area contributed by atoms with Crippen molar-refractivity contribution in [2.24, 2.45) is 0 Å². The first-order valence-electron chi connectivity index (χ1n) is 9.53. The van der Waals surface area contributed by atoms with E-state index in [2.05, 4.69) is 10.00 Å². The van der Waals surface area contributed by atoms with Crippen molar-refractivity contribution in [2.75, 3.05) is 31.1 Å². The average Bonchev–Trinajstić information content (AvgIpc) is 2.76. The second-order valence-corrected chi connectivity index (χ2v) is 7.34. The molecule has 0 saturated carbocycles. The van der Waals surface area contributed by atoms with Crippen molar-refractivity contribution >= 4 is 23.2 Å². The molecule has 3 aromatic rings. The van der Waals surface area contributed by atoms with Gasteiger partial charge in [-0.25, -0.2) is 4.68 Å². The van der Waals surface area contributed by atoms with E-state index in [4.69, 9.17) is 11.6 Å². The summed E-state index contributed by atoms with van der Waals surface area (Å²) in [6.45, 7) is 2.87. The van der Waals surface area contributed by atoms with E-state index in [1.54, 1.807) is 4.90 Å². The van der Waals surface area contributed by atoms with Crippen molar-refractivity contribution in [3.8, 4) is 0 Å². The number of amides is 1. The van der Waals surface area contributed by atoms with E-state index in [1.807, 2.05) is 54.6 Å². The molecule has 148 valence electrons. The van der Waals surface area contributed by atoms with E-state index < -0.39 is 0 Å². The fourth-order valence-corrected chi connectivity index (χ4v) is 3.71. The Morgan fingerprint density at radius 1 is 0.897 bits per heavy atom. The number of piperazine rings is 1. The summed E-state index contributed by atoms with van der Waals surface area (Å²) in [7, 11) is 0. The van der Waals surface area contributed by atoms with Crippen LogP contribution in [0.4, 0.5) is 5.69 Å². The molecule has 7 heteroatoms. The summed E-state index contributed by atoms with van der Waals surface area (Å²) in [5, 5.41) is 5.02. The van der Waals surface area contributed by atoms with Gasteiger partial charge in [-0.05, 0) is 23.8 Å². The number of hydrogen-bond acceptors (Lipinski definition) is 4. The van der Waals surface area contributed by atoms with E-state index >= 15 is 0 Å². The molecule has 6 nitrogen and oxygen atoms in total. The van der Waals surface area contributed by atoms with Gasteiger partial charge < -0.3 is 9.80 Å². The molecule has 1 fully saturated rings. The number of rotatable bonds is 4. The van der Waals surface area contributed by atoms with Crippen molar-refractivity contribution in [2.45, 2.75) is 6.54 Å². The van der Waals surface area contributed by atoms with Crippen LogP contribution in [0.25, 0.3) is 0 Å². The summed E-state index contributed by atoms with van der Waals surface area (Å²) in [6.07, 6.45) is 0. The number of carbonyl (C=O) groups is 1. The van der Waals surface area contributed by atoms with Gasteiger partial charge in [0.15, 0.2) is 0 Å². The summed E-state index contributed by atoms with van der Waals surface area (Å²) in [5.41, 5.74) is 2.00. The first-order valence-corrected chi connectivity index (χ1v) is 9.90. The summed E-state index contributed by atoms with van der Waals surface area (Å²) >= 11 is 6.29. The highest BCUT2D eigenvalue weighted by atomic mass is 35.5. The number of halogens is 1. The third kappa shape index (κ3) is 4.32. The number of benzene rings is 2. The smallest absolute Gasteiger partial charge is 0.274 e. The number of para-hydroxylation sites is 1. The predicted molar refractivity (Wildman–Crippen MR) is 114 cm³/mol. The molecule has 4 rings (SSSR count). The largest absolute Gasteiger partial charge is 0.367 e. The van der Waals surface area contributed by atoms with Crippen LogP contribution in [0.2, 0.25) is 5.02 Å². The second kappa shape index (κ2) is 8.49. The van der Waals surface area contributed by atoms with Crippen molar-refractivity contribution in [1.82, 2.24) is 14.7 Å². The van der Waals surface area contributed by atoms with Gasteiger partial charge in [-0.2, -0.15) is 5.10 Å². The van der Waals surface area contributed by atoms with Gasteiger partial charge in [-0.3, -0.25) is 9.59 Å². The minimum atomic E-state index is -0.228. The van der Waals surface area contributed by atoms with E-state index in [1.165, 1.54) is 16.8 Å². The van der Waals surface area contributed by atoms with Crippen LogP contribution in [0.15, 0.2) is 71.5 Å². The van der Waals surface area contributed by atoms with Crippen LogP contribution in [0.1, 0.15) is 16.1 Å². The third-order valence-corrected chi connectivity index (χ3v) is 5.34. The lowest BCUT2D eigenvalue weighted by molar-refractivity contribution is 0.0738. The van der Waals surface area contributed by atoms with E-state index in [0.717, 1.165) is 11.3 Å². The molecular formula is C22H21ClN4O2. The normalized spacial score (nSPS) is 14.1. The molecule has 2 heterocycles. The van der Waals surface area contributed by atoms with Gasteiger partial charge in [-0.1, -0.05) is 54.1 Å². The molecule has 0 bridgehead atoms. The molecule has 0 spiro atoms. The van der Waals surface area contributed by atoms with Gasteiger partial charge in [0.1, 0.15) is 5.69 Å². The van der Waals surface area contributed by atoms with Crippen molar-refractivity contribution in [3.05, 3.63) is 93.4 Å². The molecular weight excluding hydrogens is 388 g/mol. The maximum Gasteiger partial charge on any atom is 0.274 e. The summed E-state index contributed by atoms with van der Waals surface area (Å²) in [5.74, 6) is -0.161. The van der Waals surface area contributed by atoms with Crippen LogP contribution < -0.4 is 10.5 Å². The van der Waals surface area contributed by atoms with Crippen LogP contribution >= 0.6 is 11.6 Å². The first-order chi connectivity index (χ1) is 14.1. The van der Waals surface area contributed by atoms with Crippen molar-refractivity contribution < 1.29 is 4.79 Å². The Balaban J connectivity index is 1.46. The highest BCUT2D eigenvalue weighted by molar-refractivity contribution is 6.33. The molecule has 1 saturated heterocycles. The zero-order chi connectivity index (χ0) is 20.2. The molecule has 0 atom stereocenters. The van der Waals surface area contributed by atoms with Crippen molar-refractivity contribution in [1.29, 1.82) is 0 Å². The Hall–Kier alpha value is -3.12. The SMILES string of the molecule is O=C(c1ccc(=O)n(Cc2ccccc2)n1)N1CCN(c2ccccc2Cl)CC1. The fourth-order valence-electron chi connectivity index (χ4n) is 3.45. The maximum absolute atomic E-state index is 12.9. The van der Waals surface area contributed by atoms with Crippen LogP contribution in [-0.4, -0.2) is 46.8 Å². The number of carbonyl (C=O) groups excluding carboxylic acids is 1. The minimum Gasteiger partial charge on any atom is -0.367 e. The third-order valence-electron chi connectivity index (χ3n) is 5.02. The molecule has 2 aromatic carbocycles. The number of hydrogen-bond donors (Lipinski definition) is 0. The molecule has 1 amide bonds. The van der Waals surface area contributed by atoms with E-state index in [0.29, 0.717) is 37.7 Å². The monoisotopic (exact) mass is 408 g/mol. The van der Waals surface area contributed by atoms with E-state index in [-0.39, 0.29) is 17.2 Å². The molecule has 0 unspecified atom stereocenters. The van der Waals surface area contributed by atoms with E-state index in [9.17, 15) is 9.59 Å². The molecule has 1 aliphatic rings. The maximum atomic E-state index is 12.9. The molecule has 0 N–H and O–H groups in total. The Morgan fingerprint density at radius 3 is 2.31 bits per heavy atom. The Morgan fingerprint density at radius 2 is 1.59 bits per heavy atom.